The fraction of sp³-hybridized carbons (Fsp3) is 0.0714. The minimum atomic E-state index is 0. The number of pyridine rings is 1. The highest BCUT2D eigenvalue weighted by atomic mass is 35.5. The van der Waals surface area contributed by atoms with Gasteiger partial charge in [0.2, 0.25) is 0 Å². The highest BCUT2D eigenvalue weighted by molar-refractivity contribution is 5.96. The van der Waals surface area contributed by atoms with E-state index < -0.39 is 0 Å². The number of halogens is 1. The van der Waals surface area contributed by atoms with E-state index in [1.807, 2.05) is 12.1 Å². The molecule has 0 aliphatic carbocycles. The molecule has 0 aliphatic rings. The van der Waals surface area contributed by atoms with Gasteiger partial charge in [0.25, 0.3) is 0 Å². The number of hydrogen-bond donors (Lipinski definition) is 0. The Bertz CT molecular complexity index is 592. The largest absolute Gasteiger partial charge is 0.248 e. The smallest absolute Gasteiger partial charge is 0.0712 e. The Hall–Kier alpha value is -1.60. The molecule has 0 saturated heterocycles. The summed E-state index contributed by atoms with van der Waals surface area (Å²) in [5.41, 5.74) is 3.47. The lowest BCUT2D eigenvalue weighted by atomic mass is 10.0. The molecule has 0 fully saturated rings. The highest BCUT2D eigenvalue weighted by Gasteiger charge is 2.03. The molecule has 1 heterocycles. The van der Waals surface area contributed by atoms with Crippen LogP contribution in [-0.2, 0) is 0 Å². The number of aromatic nitrogens is 1. The topological polar surface area (TPSA) is 12.9 Å². The predicted molar refractivity (Wildman–Crippen MR) is 71.2 cm³/mol. The Morgan fingerprint density at radius 3 is 1.69 bits per heavy atom. The fourth-order valence-corrected chi connectivity index (χ4v) is 2.05. The SMILES string of the molecule is Cc1c2ccccc2nc2ccccc12.Cl. The van der Waals surface area contributed by atoms with Crippen molar-refractivity contribution < 1.29 is 0 Å². The van der Waals surface area contributed by atoms with E-state index >= 15 is 0 Å². The third-order valence-electron chi connectivity index (χ3n) is 2.86. The van der Waals surface area contributed by atoms with Crippen molar-refractivity contribution in [2.45, 2.75) is 6.92 Å². The Balaban J connectivity index is 0.000000963. The summed E-state index contributed by atoms with van der Waals surface area (Å²) in [6.45, 7) is 2.16. The molecule has 0 spiro atoms. The quantitative estimate of drug-likeness (QED) is 0.529. The number of nitrogens with zero attached hydrogens (tertiary/aromatic N) is 1. The van der Waals surface area contributed by atoms with E-state index in [0.717, 1.165) is 11.0 Å². The average Bonchev–Trinajstić information content (AvgIpc) is 2.30. The highest BCUT2D eigenvalue weighted by Crippen LogP contribution is 2.24. The maximum absolute atomic E-state index is 4.64. The number of fused-ring (bicyclic) bond motifs is 2. The van der Waals surface area contributed by atoms with Crippen molar-refractivity contribution in [3.8, 4) is 0 Å². The summed E-state index contributed by atoms with van der Waals surface area (Å²) in [6.07, 6.45) is 0. The summed E-state index contributed by atoms with van der Waals surface area (Å²) in [7, 11) is 0. The maximum Gasteiger partial charge on any atom is 0.0712 e. The van der Waals surface area contributed by atoms with Gasteiger partial charge in [0.15, 0.2) is 0 Å². The van der Waals surface area contributed by atoms with Gasteiger partial charge >= 0.3 is 0 Å². The minimum absolute atomic E-state index is 0. The van der Waals surface area contributed by atoms with Crippen molar-refractivity contribution in [2.24, 2.45) is 0 Å². The van der Waals surface area contributed by atoms with E-state index in [9.17, 15) is 0 Å². The zero-order valence-electron chi connectivity index (χ0n) is 8.97. The fourth-order valence-electron chi connectivity index (χ4n) is 2.05. The van der Waals surface area contributed by atoms with Gasteiger partial charge in [-0.25, -0.2) is 4.98 Å². The van der Waals surface area contributed by atoms with Gasteiger partial charge in [-0.05, 0) is 24.6 Å². The Morgan fingerprint density at radius 2 is 1.19 bits per heavy atom. The molecular weight excluding hydrogens is 218 g/mol. The molecule has 0 unspecified atom stereocenters. The second-order valence-corrected chi connectivity index (χ2v) is 3.77. The molecule has 1 aromatic heterocycles. The van der Waals surface area contributed by atoms with Gasteiger partial charge in [0.1, 0.15) is 0 Å². The monoisotopic (exact) mass is 229 g/mol. The first kappa shape index (κ1) is 10.9. The van der Waals surface area contributed by atoms with E-state index in [2.05, 4.69) is 48.3 Å². The van der Waals surface area contributed by atoms with Crippen molar-refractivity contribution >= 4 is 34.2 Å². The molecule has 0 aliphatic heterocycles. The molecule has 3 rings (SSSR count). The van der Waals surface area contributed by atoms with Gasteiger partial charge in [0.05, 0.1) is 11.0 Å². The van der Waals surface area contributed by atoms with Crippen LogP contribution < -0.4 is 0 Å². The standard InChI is InChI=1S/C14H11N.ClH/c1-10-11-6-2-4-8-13(11)15-14-9-5-3-7-12(10)14;/h2-9H,1H3;1H. The summed E-state index contributed by atoms with van der Waals surface area (Å²) in [6, 6.07) is 16.6. The van der Waals surface area contributed by atoms with E-state index in [0.29, 0.717) is 0 Å². The van der Waals surface area contributed by atoms with Crippen molar-refractivity contribution in [2.75, 3.05) is 0 Å². The van der Waals surface area contributed by atoms with Gasteiger partial charge < -0.3 is 0 Å². The Morgan fingerprint density at radius 1 is 0.750 bits per heavy atom. The number of hydrogen-bond acceptors (Lipinski definition) is 1. The number of rotatable bonds is 0. The lowest BCUT2D eigenvalue weighted by Gasteiger charge is -2.05. The molecular formula is C14H12ClN. The summed E-state index contributed by atoms with van der Waals surface area (Å²) >= 11 is 0. The van der Waals surface area contributed by atoms with Crippen molar-refractivity contribution in [1.82, 2.24) is 4.98 Å². The van der Waals surface area contributed by atoms with Crippen LogP contribution in [0.3, 0.4) is 0 Å². The molecule has 16 heavy (non-hydrogen) atoms. The first-order valence-corrected chi connectivity index (χ1v) is 5.10. The van der Waals surface area contributed by atoms with E-state index in [4.69, 9.17) is 0 Å². The average molecular weight is 230 g/mol. The molecule has 80 valence electrons. The van der Waals surface area contributed by atoms with Crippen molar-refractivity contribution in [3.05, 3.63) is 54.1 Å². The summed E-state index contributed by atoms with van der Waals surface area (Å²) in [5.74, 6) is 0. The van der Waals surface area contributed by atoms with Crippen LogP contribution in [0.5, 0.6) is 0 Å². The molecule has 3 aromatic rings. The Kier molecular flexibility index (Phi) is 2.80. The van der Waals surface area contributed by atoms with Crippen LogP contribution in [0.4, 0.5) is 0 Å². The number of benzene rings is 2. The third-order valence-corrected chi connectivity index (χ3v) is 2.86. The van der Waals surface area contributed by atoms with Gasteiger partial charge in [0, 0.05) is 10.8 Å². The molecule has 0 atom stereocenters. The lowest BCUT2D eigenvalue weighted by Crippen LogP contribution is -1.86. The summed E-state index contributed by atoms with van der Waals surface area (Å²) < 4.78 is 0. The first-order valence-electron chi connectivity index (χ1n) is 5.10. The second-order valence-electron chi connectivity index (χ2n) is 3.77. The lowest BCUT2D eigenvalue weighted by molar-refractivity contribution is 1.45. The molecule has 0 N–H and O–H groups in total. The van der Waals surface area contributed by atoms with Gasteiger partial charge in [-0.3, -0.25) is 0 Å². The van der Waals surface area contributed by atoms with Crippen LogP contribution >= 0.6 is 12.4 Å². The second kappa shape index (κ2) is 4.11. The van der Waals surface area contributed by atoms with Gasteiger partial charge in [-0.1, -0.05) is 36.4 Å². The van der Waals surface area contributed by atoms with Crippen molar-refractivity contribution in [3.63, 3.8) is 0 Å². The van der Waals surface area contributed by atoms with Crippen molar-refractivity contribution in [1.29, 1.82) is 0 Å². The first-order chi connectivity index (χ1) is 7.36. The number of para-hydroxylation sites is 2. The van der Waals surface area contributed by atoms with Crippen LogP contribution in [0.25, 0.3) is 21.8 Å². The van der Waals surface area contributed by atoms with Gasteiger partial charge in [-0.15, -0.1) is 12.4 Å². The van der Waals surface area contributed by atoms with Gasteiger partial charge in [-0.2, -0.15) is 0 Å². The van der Waals surface area contributed by atoms with E-state index in [1.165, 1.54) is 16.3 Å². The van der Waals surface area contributed by atoms with E-state index in [-0.39, 0.29) is 12.4 Å². The summed E-state index contributed by atoms with van der Waals surface area (Å²) in [4.78, 5) is 4.64. The molecule has 0 bridgehead atoms. The zero-order valence-corrected chi connectivity index (χ0v) is 9.79. The van der Waals surface area contributed by atoms with E-state index in [1.54, 1.807) is 0 Å². The maximum atomic E-state index is 4.64. The normalized spacial score (nSPS) is 10.3. The number of aryl methyl sites for hydroxylation is 1. The summed E-state index contributed by atoms with van der Waals surface area (Å²) in [5, 5.41) is 2.49. The molecule has 2 aromatic carbocycles. The minimum Gasteiger partial charge on any atom is -0.248 e. The molecule has 0 radical (unpaired) electrons. The van der Waals surface area contributed by atoms with Crippen LogP contribution in [0.15, 0.2) is 48.5 Å². The molecule has 0 saturated carbocycles. The predicted octanol–water partition coefficient (Wildman–Crippen LogP) is 4.12. The van der Waals surface area contributed by atoms with Crippen LogP contribution in [-0.4, -0.2) is 4.98 Å². The molecule has 1 nitrogen and oxygen atoms in total. The van der Waals surface area contributed by atoms with Crippen LogP contribution in [0.1, 0.15) is 5.56 Å². The Labute approximate surface area is 101 Å². The molecule has 2 heteroatoms. The zero-order chi connectivity index (χ0) is 10.3. The van der Waals surface area contributed by atoms with Crippen LogP contribution in [0.2, 0.25) is 0 Å². The van der Waals surface area contributed by atoms with Crippen LogP contribution in [0, 0.1) is 6.92 Å². The third kappa shape index (κ3) is 1.54. The molecule has 0 amide bonds.